The Morgan fingerprint density at radius 1 is 1.30 bits per heavy atom. The number of rotatable bonds is 4. The fourth-order valence-electron chi connectivity index (χ4n) is 1.89. The molecule has 2 rings (SSSR count). The zero-order valence-corrected chi connectivity index (χ0v) is 13.2. The van der Waals surface area contributed by atoms with Crippen molar-refractivity contribution < 1.29 is 8.42 Å². The molecule has 0 aliphatic carbocycles. The molecule has 108 valence electrons. The van der Waals surface area contributed by atoms with Crippen molar-refractivity contribution in [1.82, 2.24) is 9.71 Å². The monoisotopic (exact) mass is 311 g/mol. The molecule has 0 aliphatic heterocycles. The van der Waals surface area contributed by atoms with Gasteiger partial charge in [-0.2, -0.15) is 0 Å². The van der Waals surface area contributed by atoms with Crippen molar-refractivity contribution in [2.75, 3.05) is 5.73 Å². The third-order valence-corrected chi connectivity index (χ3v) is 5.60. The summed E-state index contributed by atoms with van der Waals surface area (Å²) in [7, 11) is -3.63. The Labute approximate surface area is 122 Å². The highest BCUT2D eigenvalue weighted by Crippen LogP contribution is 2.25. The number of aromatic nitrogens is 1. The van der Waals surface area contributed by atoms with Gasteiger partial charge in [-0.3, -0.25) is 0 Å². The first-order chi connectivity index (χ1) is 9.31. The van der Waals surface area contributed by atoms with Crippen LogP contribution >= 0.6 is 11.3 Å². The summed E-state index contributed by atoms with van der Waals surface area (Å²) in [4.78, 5) is 5.13. The van der Waals surface area contributed by atoms with E-state index in [1.165, 1.54) is 11.3 Å². The van der Waals surface area contributed by atoms with Crippen molar-refractivity contribution in [2.45, 2.75) is 32.2 Å². The van der Waals surface area contributed by atoms with Gasteiger partial charge in [0.2, 0.25) is 10.0 Å². The van der Waals surface area contributed by atoms with Crippen LogP contribution in [0.4, 0.5) is 5.69 Å². The average molecular weight is 311 g/mol. The Kier molecular flexibility index (Phi) is 4.12. The Hall–Kier alpha value is -1.44. The molecule has 0 atom stereocenters. The molecule has 0 saturated carbocycles. The summed E-state index contributed by atoms with van der Waals surface area (Å²) >= 11 is 1.47. The van der Waals surface area contributed by atoms with Gasteiger partial charge in [0, 0.05) is 17.6 Å². The number of aryl methyl sites for hydroxylation is 2. The Bertz CT molecular complexity index is 736. The lowest BCUT2D eigenvalue weighted by Gasteiger charge is -2.13. The standard InChI is InChI=1S/C13H17N3O2S2/c1-8-4-5-12(14)13(9(8)2)20(17,18)16-7-11-6-15-10(3)19-11/h4-6,16H,7,14H2,1-3H3. The molecule has 3 N–H and O–H groups in total. The molecule has 0 amide bonds. The summed E-state index contributed by atoms with van der Waals surface area (Å²) in [6, 6.07) is 3.43. The van der Waals surface area contributed by atoms with Crippen LogP contribution < -0.4 is 10.5 Å². The van der Waals surface area contributed by atoms with Gasteiger partial charge in [0.25, 0.3) is 0 Å². The fourth-order valence-corrected chi connectivity index (χ4v) is 4.15. The van der Waals surface area contributed by atoms with Crippen molar-refractivity contribution >= 4 is 27.0 Å². The van der Waals surface area contributed by atoms with Gasteiger partial charge in [0.05, 0.1) is 10.7 Å². The van der Waals surface area contributed by atoms with Crippen LogP contribution in [0, 0.1) is 20.8 Å². The minimum Gasteiger partial charge on any atom is -0.398 e. The summed E-state index contributed by atoms with van der Waals surface area (Å²) < 4.78 is 27.4. The van der Waals surface area contributed by atoms with E-state index in [1.807, 2.05) is 19.9 Å². The summed E-state index contributed by atoms with van der Waals surface area (Å²) in [5, 5.41) is 0.908. The molecule has 20 heavy (non-hydrogen) atoms. The van der Waals surface area contributed by atoms with E-state index in [2.05, 4.69) is 9.71 Å². The maximum atomic E-state index is 12.4. The maximum Gasteiger partial charge on any atom is 0.243 e. The van der Waals surface area contributed by atoms with Gasteiger partial charge in [-0.25, -0.2) is 18.1 Å². The van der Waals surface area contributed by atoms with E-state index in [-0.39, 0.29) is 17.1 Å². The second-order valence-corrected chi connectivity index (χ2v) is 7.62. The molecule has 0 bridgehead atoms. The molecule has 0 spiro atoms. The molecule has 1 aromatic carbocycles. The fraction of sp³-hybridized carbons (Fsp3) is 0.308. The van der Waals surface area contributed by atoms with Crippen molar-refractivity contribution in [3.8, 4) is 0 Å². The summed E-state index contributed by atoms with van der Waals surface area (Å²) in [5.41, 5.74) is 7.66. The molecular weight excluding hydrogens is 294 g/mol. The number of nitrogens with two attached hydrogens (primary N) is 1. The van der Waals surface area contributed by atoms with Gasteiger partial charge in [-0.15, -0.1) is 11.3 Å². The number of sulfonamides is 1. The predicted octanol–water partition coefficient (Wildman–Crippen LogP) is 2.13. The number of nitrogen functional groups attached to an aromatic ring is 1. The molecule has 7 heteroatoms. The molecule has 0 aliphatic rings. The smallest absolute Gasteiger partial charge is 0.243 e. The lowest BCUT2D eigenvalue weighted by atomic mass is 10.1. The average Bonchev–Trinajstić information content (AvgIpc) is 2.78. The quantitative estimate of drug-likeness (QED) is 0.847. The van der Waals surface area contributed by atoms with E-state index >= 15 is 0 Å². The minimum absolute atomic E-state index is 0.165. The highest BCUT2D eigenvalue weighted by molar-refractivity contribution is 7.89. The van der Waals surface area contributed by atoms with Gasteiger partial charge in [-0.1, -0.05) is 6.07 Å². The minimum atomic E-state index is -3.63. The zero-order valence-electron chi connectivity index (χ0n) is 11.6. The molecule has 0 radical (unpaired) electrons. The third kappa shape index (κ3) is 3.00. The molecule has 5 nitrogen and oxygen atoms in total. The number of nitrogens with zero attached hydrogens (tertiary/aromatic N) is 1. The molecular formula is C13H17N3O2S2. The summed E-state index contributed by atoms with van der Waals surface area (Å²) in [5.74, 6) is 0. The number of hydrogen-bond donors (Lipinski definition) is 2. The van der Waals surface area contributed by atoms with Gasteiger partial charge in [-0.05, 0) is 38.0 Å². The highest BCUT2D eigenvalue weighted by atomic mass is 32.2. The molecule has 0 saturated heterocycles. The second kappa shape index (κ2) is 5.51. The number of nitrogens with one attached hydrogen (secondary N) is 1. The first kappa shape index (κ1) is 15.0. The van der Waals surface area contributed by atoms with E-state index in [1.54, 1.807) is 19.2 Å². The number of thiazole rings is 1. The molecule has 1 aromatic heterocycles. The van der Waals surface area contributed by atoms with Crippen molar-refractivity contribution in [2.24, 2.45) is 0 Å². The SMILES string of the molecule is Cc1ncc(CNS(=O)(=O)c2c(N)ccc(C)c2C)s1. The van der Waals surface area contributed by atoms with Crippen LogP contribution in [0.1, 0.15) is 21.0 Å². The van der Waals surface area contributed by atoms with E-state index in [4.69, 9.17) is 5.73 Å². The lowest BCUT2D eigenvalue weighted by molar-refractivity contribution is 0.581. The van der Waals surface area contributed by atoms with E-state index < -0.39 is 10.0 Å². The Balaban J connectivity index is 2.29. The van der Waals surface area contributed by atoms with Gasteiger partial charge < -0.3 is 5.73 Å². The van der Waals surface area contributed by atoms with Crippen molar-refractivity contribution in [1.29, 1.82) is 0 Å². The first-order valence-corrected chi connectivity index (χ1v) is 8.38. The van der Waals surface area contributed by atoms with Crippen molar-refractivity contribution in [3.63, 3.8) is 0 Å². The Morgan fingerprint density at radius 3 is 2.60 bits per heavy atom. The van der Waals surface area contributed by atoms with Crippen LogP contribution in [-0.4, -0.2) is 13.4 Å². The summed E-state index contributed by atoms with van der Waals surface area (Å²) in [6.07, 6.45) is 1.68. The van der Waals surface area contributed by atoms with Crippen LogP contribution in [0.25, 0.3) is 0 Å². The maximum absolute atomic E-state index is 12.4. The molecule has 2 aromatic rings. The Morgan fingerprint density at radius 2 is 2.00 bits per heavy atom. The first-order valence-electron chi connectivity index (χ1n) is 6.08. The predicted molar refractivity (Wildman–Crippen MR) is 81.2 cm³/mol. The van der Waals surface area contributed by atoms with Crippen LogP contribution in [0.2, 0.25) is 0 Å². The number of benzene rings is 1. The zero-order chi connectivity index (χ0) is 14.9. The van der Waals surface area contributed by atoms with E-state index in [9.17, 15) is 8.42 Å². The van der Waals surface area contributed by atoms with Gasteiger partial charge in [0.1, 0.15) is 4.90 Å². The lowest BCUT2D eigenvalue weighted by Crippen LogP contribution is -2.25. The number of anilines is 1. The van der Waals surface area contributed by atoms with Crippen LogP contribution in [0.3, 0.4) is 0 Å². The summed E-state index contributed by atoms with van der Waals surface area (Å²) in [6.45, 7) is 5.73. The van der Waals surface area contributed by atoms with Gasteiger partial charge >= 0.3 is 0 Å². The molecule has 0 fully saturated rings. The molecule has 1 heterocycles. The van der Waals surface area contributed by atoms with Crippen LogP contribution in [0.15, 0.2) is 23.2 Å². The van der Waals surface area contributed by atoms with Crippen LogP contribution in [0.5, 0.6) is 0 Å². The van der Waals surface area contributed by atoms with E-state index in [0.29, 0.717) is 5.56 Å². The number of hydrogen-bond acceptors (Lipinski definition) is 5. The third-order valence-electron chi connectivity index (χ3n) is 3.08. The van der Waals surface area contributed by atoms with Crippen molar-refractivity contribution in [3.05, 3.63) is 39.3 Å². The topological polar surface area (TPSA) is 85.1 Å². The molecule has 0 unspecified atom stereocenters. The van der Waals surface area contributed by atoms with Crippen LogP contribution in [-0.2, 0) is 16.6 Å². The van der Waals surface area contributed by atoms with Gasteiger partial charge in [0.15, 0.2) is 0 Å². The van der Waals surface area contributed by atoms with E-state index in [0.717, 1.165) is 15.4 Å². The second-order valence-electron chi connectivity index (χ2n) is 4.60. The largest absolute Gasteiger partial charge is 0.398 e. The highest BCUT2D eigenvalue weighted by Gasteiger charge is 2.21. The normalized spacial score (nSPS) is 11.8.